The predicted molar refractivity (Wildman–Crippen MR) is 79.0 cm³/mol. The molecule has 108 valence electrons. The largest absolute Gasteiger partial charge is 0.507 e. The minimum absolute atomic E-state index is 0.199. The van der Waals surface area contributed by atoms with Crippen molar-refractivity contribution < 1.29 is 14.3 Å². The highest BCUT2D eigenvalue weighted by molar-refractivity contribution is 5.94. The molecular formula is C16H15FN2O2. The zero-order valence-electron chi connectivity index (χ0n) is 11.7. The highest BCUT2D eigenvalue weighted by atomic mass is 19.1. The maximum atomic E-state index is 13.0. The van der Waals surface area contributed by atoms with Gasteiger partial charge in [0.2, 0.25) is 0 Å². The summed E-state index contributed by atoms with van der Waals surface area (Å²) < 4.78 is 13.0. The quantitative estimate of drug-likeness (QED) is 0.673. The van der Waals surface area contributed by atoms with E-state index in [2.05, 4.69) is 10.5 Å². The first kappa shape index (κ1) is 14.7. The molecule has 2 N–H and O–H groups in total. The first-order chi connectivity index (χ1) is 9.97. The zero-order valence-corrected chi connectivity index (χ0v) is 11.7. The number of phenols is 1. The van der Waals surface area contributed by atoms with Gasteiger partial charge < -0.3 is 5.11 Å². The number of hydrogen-bond acceptors (Lipinski definition) is 3. The maximum Gasteiger partial charge on any atom is 0.271 e. The van der Waals surface area contributed by atoms with E-state index in [4.69, 9.17) is 0 Å². The molecule has 0 aliphatic rings. The van der Waals surface area contributed by atoms with Crippen molar-refractivity contribution >= 4 is 12.1 Å². The number of amides is 1. The number of nitrogens with one attached hydrogen (secondary N) is 1. The molecule has 0 aromatic heterocycles. The Kier molecular flexibility index (Phi) is 4.33. The number of rotatable bonds is 3. The summed E-state index contributed by atoms with van der Waals surface area (Å²) in [6.07, 6.45) is 1.47. The van der Waals surface area contributed by atoms with Crippen LogP contribution in [0.4, 0.5) is 4.39 Å². The average molecular weight is 286 g/mol. The van der Waals surface area contributed by atoms with Crippen molar-refractivity contribution in [2.45, 2.75) is 13.8 Å². The number of carbonyl (C=O) groups is 1. The van der Waals surface area contributed by atoms with E-state index in [9.17, 15) is 14.3 Å². The number of phenolic OH excluding ortho intramolecular Hbond substituents is 1. The van der Waals surface area contributed by atoms with E-state index in [1.807, 2.05) is 0 Å². The van der Waals surface area contributed by atoms with Crippen LogP contribution >= 0.6 is 0 Å². The second-order valence-electron chi connectivity index (χ2n) is 4.71. The molecule has 0 fully saturated rings. The average Bonchev–Trinajstić information content (AvgIpc) is 2.44. The van der Waals surface area contributed by atoms with E-state index in [1.165, 1.54) is 24.4 Å². The number of benzene rings is 2. The molecule has 0 bridgehead atoms. The lowest BCUT2D eigenvalue weighted by Gasteiger charge is -2.04. The maximum absolute atomic E-state index is 13.0. The van der Waals surface area contributed by atoms with Crippen LogP contribution in [0.25, 0.3) is 0 Å². The van der Waals surface area contributed by atoms with E-state index < -0.39 is 11.7 Å². The molecule has 0 saturated carbocycles. The Morgan fingerprint density at radius 3 is 2.52 bits per heavy atom. The molecule has 0 unspecified atom stereocenters. The van der Waals surface area contributed by atoms with Gasteiger partial charge in [-0.3, -0.25) is 4.79 Å². The summed E-state index contributed by atoms with van der Waals surface area (Å²) in [4.78, 5) is 11.7. The molecule has 21 heavy (non-hydrogen) atoms. The molecule has 1 amide bonds. The third kappa shape index (κ3) is 3.66. The third-order valence-corrected chi connectivity index (χ3v) is 2.98. The summed E-state index contributed by atoms with van der Waals surface area (Å²) in [5.41, 5.74) is 4.74. The van der Waals surface area contributed by atoms with Crippen LogP contribution in [-0.2, 0) is 0 Å². The van der Waals surface area contributed by atoms with Crippen LogP contribution in [0.1, 0.15) is 27.0 Å². The molecule has 0 aliphatic carbocycles. The first-order valence-corrected chi connectivity index (χ1v) is 6.36. The molecule has 0 saturated heterocycles. The van der Waals surface area contributed by atoms with Crippen LogP contribution in [-0.4, -0.2) is 17.2 Å². The van der Waals surface area contributed by atoms with Crippen LogP contribution in [0.5, 0.6) is 5.75 Å². The van der Waals surface area contributed by atoms with E-state index in [1.54, 1.807) is 26.0 Å². The topological polar surface area (TPSA) is 61.7 Å². The van der Waals surface area contributed by atoms with E-state index in [-0.39, 0.29) is 11.3 Å². The molecule has 2 aromatic rings. The number of aromatic hydroxyl groups is 1. The van der Waals surface area contributed by atoms with Gasteiger partial charge in [0.05, 0.1) is 6.21 Å². The summed E-state index contributed by atoms with van der Waals surface area (Å²) in [5, 5.41) is 13.5. The van der Waals surface area contributed by atoms with E-state index in [0.29, 0.717) is 0 Å². The molecule has 2 aromatic carbocycles. The standard InChI is InChI=1S/C16H15FN2O2/c1-10-6-12(7-11(2)15(10)20)9-18-19-16(21)13-4-3-5-14(17)8-13/h3-9,20H,1-2H3,(H,19,21)/b18-9-. The van der Waals surface area contributed by atoms with Gasteiger partial charge in [-0.05, 0) is 60.9 Å². The Hall–Kier alpha value is -2.69. The number of halogens is 1. The van der Waals surface area contributed by atoms with Gasteiger partial charge in [-0.2, -0.15) is 5.10 Å². The fourth-order valence-corrected chi connectivity index (χ4v) is 1.92. The van der Waals surface area contributed by atoms with Crippen LogP contribution in [0.3, 0.4) is 0 Å². The molecule has 0 aliphatic heterocycles. The molecular weight excluding hydrogens is 271 g/mol. The van der Waals surface area contributed by atoms with Gasteiger partial charge in [0.1, 0.15) is 11.6 Å². The minimum atomic E-state index is -0.488. The van der Waals surface area contributed by atoms with Crippen LogP contribution in [0, 0.1) is 19.7 Å². The third-order valence-electron chi connectivity index (χ3n) is 2.98. The van der Waals surface area contributed by atoms with Gasteiger partial charge in [-0.1, -0.05) is 6.07 Å². The first-order valence-electron chi connectivity index (χ1n) is 6.36. The summed E-state index contributed by atoms with van der Waals surface area (Å²) in [5.74, 6) is -0.717. The Morgan fingerprint density at radius 2 is 1.90 bits per heavy atom. The number of hydrazone groups is 1. The Bertz CT molecular complexity index is 688. The number of aryl methyl sites for hydroxylation is 2. The van der Waals surface area contributed by atoms with Crippen molar-refractivity contribution in [3.63, 3.8) is 0 Å². The Morgan fingerprint density at radius 1 is 1.24 bits per heavy atom. The fourth-order valence-electron chi connectivity index (χ4n) is 1.92. The zero-order chi connectivity index (χ0) is 15.4. The molecule has 4 nitrogen and oxygen atoms in total. The lowest BCUT2D eigenvalue weighted by molar-refractivity contribution is 0.0954. The summed E-state index contributed by atoms with van der Waals surface area (Å²) in [6, 6.07) is 8.87. The van der Waals surface area contributed by atoms with Crippen LogP contribution in [0.2, 0.25) is 0 Å². The smallest absolute Gasteiger partial charge is 0.271 e. The summed E-state index contributed by atoms with van der Waals surface area (Å²) in [7, 11) is 0. The van der Waals surface area contributed by atoms with Gasteiger partial charge >= 0.3 is 0 Å². The minimum Gasteiger partial charge on any atom is -0.507 e. The van der Waals surface area contributed by atoms with Crippen LogP contribution in [0.15, 0.2) is 41.5 Å². The Balaban J connectivity index is 2.07. The molecule has 0 atom stereocenters. The van der Waals surface area contributed by atoms with Crippen molar-refractivity contribution in [1.29, 1.82) is 0 Å². The lowest BCUT2D eigenvalue weighted by atomic mass is 10.1. The molecule has 0 radical (unpaired) electrons. The van der Waals surface area contributed by atoms with E-state index >= 15 is 0 Å². The summed E-state index contributed by atoms with van der Waals surface area (Å²) in [6.45, 7) is 3.57. The number of carbonyl (C=O) groups excluding carboxylic acids is 1. The SMILES string of the molecule is Cc1cc(/C=N\NC(=O)c2cccc(F)c2)cc(C)c1O. The van der Waals surface area contributed by atoms with Crippen molar-refractivity contribution in [3.05, 3.63) is 64.5 Å². The van der Waals surface area contributed by atoms with Crippen LogP contribution < -0.4 is 5.43 Å². The monoisotopic (exact) mass is 286 g/mol. The second-order valence-corrected chi connectivity index (χ2v) is 4.71. The highest BCUT2D eigenvalue weighted by Crippen LogP contribution is 2.21. The van der Waals surface area contributed by atoms with Gasteiger partial charge in [0.25, 0.3) is 5.91 Å². The fraction of sp³-hybridized carbons (Fsp3) is 0.125. The van der Waals surface area contributed by atoms with Gasteiger partial charge in [0, 0.05) is 5.56 Å². The molecule has 0 spiro atoms. The normalized spacial score (nSPS) is 10.8. The predicted octanol–water partition coefficient (Wildman–Crippen LogP) is 2.91. The Labute approximate surface area is 121 Å². The molecule has 5 heteroatoms. The van der Waals surface area contributed by atoms with Crippen molar-refractivity contribution in [1.82, 2.24) is 5.43 Å². The van der Waals surface area contributed by atoms with Gasteiger partial charge in [-0.25, -0.2) is 9.82 Å². The second kappa shape index (κ2) is 6.17. The highest BCUT2D eigenvalue weighted by Gasteiger charge is 2.05. The number of hydrogen-bond donors (Lipinski definition) is 2. The molecule has 0 heterocycles. The van der Waals surface area contributed by atoms with Gasteiger partial charge in [-0.15, -0.1) is 0 Å². The summed E-state index contributed by atoms with van der Waals surface area (Å²) >= 11 is 0. The van der Waals surface area contributed by atoms with Crippen molar-refractivity contribution in [3.8, 4) is 5.75 Å². The van der Waals surface area contributed by atoms with Crippen molar-refractivity contribution in [2.24, 2.45) is 5.10 Å². The van der Waals surface area contributed by atoms with Crippen molar-refractivity contribution in [2.75, 3.05) is 0 Å². The lowest BCUT2D eigenvalue weighted by Crippen LogP contribution is -2.17. The number of nitrogens with zero attached hydrogens (tertiary/aromatic N) is 1. The van der Waals surface area contributed by atoms with Gasteiger partial charge in [0.15, 0.2) is 0 Å². The molecule has 2 rings (SSSR count). The van der Waals surface area contributed by atoms with E-state index in [0.717, 1.165) is 22.8 Å².